The Bertz CT molecular complexity index is 634. The van der Waals surface area contributed by atoms with Crippen LogP contribution in [0.2, 0.25) is 0 Å². The number of rotatable bonds is 5. The quantitative estimate of drug-likeness (QED) is 0.619. The SMILES string of the molecule is CN=C(NCCc1ccccc1OC)NC1CN(C(=O)OC(C)(C)C)C1. The van der Waals surface area contributed by atoms with Gasteiger partial charge in [0.2, 0.25) is 0 Å². The number of hydrogen-bond acceptors (Lipinski definition) is 4. The van der Waals surface area contributed by atoms with Crippen molar-refractivity contribution in [2.75, 3.05) is 33.8 Å². The number of carbonyl (C=O) groups excluding carboxylic acids is 1. The minimum absolute atomic E-state index is 0.181. The second-order valence-corrected chi connectivity index (χ2v) is 7.29. The van der Waals surface area contributed by atoms with Gasteiger partial charge in [0.15, 0.2) is 5.96 Å². The molecule has 0 radical (unpaired) electrons. The molecule has 1 heterocycles. The van der Waals surface area contributed by atoms with Crippen LogP contribution in [0.4, 0.5) is 4.79 Å². The Morgan fingerprint density at radius 2 is 2.00 bits per heavy atom. The van der Waals surface area contributed by atoms with E-state index in [1.807, 2.05) is 39.0 Å². The molecule has 0 atom stereocenters. The number of methoxy groups -OCH3 is 1. The molecule has 26 heavy (non-hydrogen) atoms. The van der Waals surface area contributed by atoms with Crippen LogP contribution < -0.4 is 15.4 Å². The highest BCUT2D eigenvalue weighted by molar-refractivity contribution is 5.80. The van der Waals surface area contributed by atoms with Crippen molar-refractivity contribution in [2.24, 2.45) is 4.99 Å². The molecule has 0 bridgehead atoms. The van der Waals surface area contributed by atoms with Crippen molar-refractivity contribution in [1.29, 1.82) is 0 Å². The van der Waals surface area contributed by atoms with Crippen molar-refractivity contribution in [1.82, 2.24) is 15.5 Å². The molecule has 0 saturated carbocycles. The summed E-state index contributed by atoms with van der Waals surface area (Å²) in [7, 11) is 3.42. The number of benzene rings is 1. The van der Waals surface area contributed by atoms with Crippen molar-refractivity contribution in [2.45, 2.75) is 38.8 Å². The van der Waals surface area contributed by atoms with Crippen LogP contribution in [0.5, 0.6) is 5.75 Å². The van der Waals surface area contributed by atoms with Gasteiger partial charge in [-0.15, -0.1) is 0 Å². The van der Waals surface area contributed by atoms with Gasteiger partial charge in [-0.25, -0.2) is 4.79 Å². The van der Waals surface area contributed by atoms with Crippen LogP contribution >= 0.6 is 0 Å². The van der Waals surface area contributed by atoms with E-state index >= 15 is 0 Å². The molecule has 1 aromatic rings. The molecule has 144 valence electrons. The smallest absolute Gasteiger partial charge is 0.410 e. The third-order valence-corrected chi connectivity index (χ3v) is 3.98. The van der Waals surface area contributed by atoms with Gasteiger partial charge in [-0.2, -0.15) is 0 Å². The summed E-state index contributed by atoms with van der Waals surface area (Å²) in [6.45, 7) is 7.57. The third-order valence-electron chi connectivity index (χ3n) is 3.98. The fourth-order valence-corrected chi connectivity index (χ4v) is 2.66. The van der Waals surface area contributed by atoms with Gasteiger partial charge in [-0.05, 0) is 38.8 Å². The van der Waals surface area contributed by atoms with E-state index < -0.39 is 5.60 Å². The summed E-state index contributed by atoms with van der Waals surface area (Å²) in [6, 6.07) is 8.16. The maximum Gasteiger partial charge on any atom is 0.410 e. The number of guanidine groups is 1. The Kier molecular flexibility index (Phi) is 6.71. The maximum atomic E-state index is 11.9. The van der Waals surface area contributed by atoms with E-state index in [1.54, 1.807) is 19.1 Å². The van der Waals surface area contributed by atoms with Crippen molar-refractivity contribution in [3.05, 3.63) is 29.8 Å². The lowest BCUT2D eigenvalue weighted by atomic mass is 10.1. The summed E-state index contributed by atoms with van der Waals surface area (Å²) in [4.78, 5) is 17.9. The molecule has 2 rings (SSSR count). The van der Waals surface area contributed by atoms with Gasteiger partial charge in [-0.3, -0.25) is 4.99 Å². The fraction of sp³-hybridized carbons (Fsp3) is 0.579. The Hall–Kier alpha value is -2.44. The van der Waals surface area contributed by atoms with Crippen LogP contribution in [0, 0.1) is 0 Å². The third kappa shape index (κ3) is 5.82. The zero-order chi connectivity index (χ0) is 19.2. The van der Waals surface area contributed by atoms with Crippen LogP contribution in [-0.4, -0.2) is 62.4 Å². The molecule has 1 amide bonds. The highest BCUT2D eigenvalue weighted by Gasteiger charge is 2.34. The molecular weight excluding hydrogens is 332 g/mol. The highest BCUT2D eigenvalue weighted by Crippen LogP contribution is 2.17. The van der Waals surface area contributed by atoms with Crippen molar-refractivity contribution in [3.63, 3.8) is 0 Å². The first-order chi connectivity index (χ1) is 12.3. The molecule has 0 spiro atoms. The predicted molar refractivity (Wildman–Crippen MR) is 103 cm³/mol. The van der Waals surface area contributed by atoms with Crippen molar-refractivity contribution < 1.29 is 14.3 Å². The number of likely N-dealkylation sites (tertiary alicyclic amines) is 1. The van der Waals surface area contributed by atoms with Crippen molar-refractivity contribution >= 4 is 12.1 Å². The lowest BCUT2D eigenvalue weighted by Crippen LogP contribution is -2.63. The Balaban J connectivity index is 1.72. The van der Waals surface area contributed by atoms with Crippen molar-refractivity contribution in [3.8, 4) is 5.75 Å². The van der Waals surface area contributed by atoms with Gasteiger partial charge in [0, 0.05) is 26.7 Å². The van der Waals surface area contributed by atoms with Crippen LogP contribution in [-0.2, 0) is 11.2 Å². The highest BCUT2D eigenvalue weighted by atomic mass is 16.6. The summed E-state index contributed by atoms with van der Waals surface area (Å²) in [5.74, 6) is 1.62. The number of carbonyl (C=O) groups is 1. The van der Waals surface area contributed by atoms with Gasteiger partial charge >= 0.3 is 6.09 Å². The first kappa shape index (κ1) is 19.9. The van der Waals surface area contributed by atoms with Gasteiger partial charge in [0.1, 0.15) is 11.4 Å². The summed E-state index contributed by atoms with van der Waals surface area (Å²) >= 11 is 0. The summed E-state index contributed by atoms with van der Waals surface area (Å²) in [6.07, 6.45) is 0.564. The summed E-state index contributed by atoms with van der Waals surface area (Å²) in [5, 5.41) is 6.62. The molecular formula is C19H30N4O3. The topological polar surface area (TPSA) is 75.2 Å². The van der Waals surface area contributed by atoms with Gasteiger partial charge in [0.25, 0.3) is 0 Å². The predicted octanol–water partition coefficient (Wildman–Crippen LogP) is 2.02. The number of amides is 1. The molecule has 0 aromatic heterocycles. The standard InChI is InChI=1S/C19H30N4O3/c1-19(2,3)26-18(24)23-12-15(13-23)22-17(20-4)21-11-10-14-8-6-7-9-16(14)25-5/h6-9,15H,10-13H2,1-5H3,(H2,20,21,22). The largest absolute Gasteiger partial charge is 0.496 e. The van der Waals surface area contributed by atoms with Gasteiger partial charge in [0.05, 0.1) is 13.2 Å². The first-order valence-corrected chi connectivity index (χ1v) is 8.89. The minimum Gasteiger partial charge on any atom is -0.496 e. The molecule has 1 fully saturated rings. The fourth-order valence-electron chi connectivity index (χ4n) is 2.66. The number of nitrogens with one attached hydrogen (secondary N) is 2. The van der Waals surface area contributed by atoms with E-state index in [4.69, 9.17) is 9.47 Å². The molecule has 1 aliphatic heterocycles. The molecule has 7 heteroatoms. The molecule has 1 aromatic carbocycles. The second kappa shape index (κ2) is 8.78. The summed E-state index contributed by atoms with van der Waals surface area (Å²) < 4.78 is 10.7. The number of hydrogen-bond donors (Lipinski definition) is 2. The van der Waals surface area contributed by atoms with Crippen LogP contribution in [0.1, 0.15) is 26.3 Å². The van der Waals surface area contributed by atoms with Gasteiger partial charge < -0.3 is 25.0 Å². The molecule has 1 saturated heterocycles. The Morgan fingerprint density at radius 1 is 1.31 bits per heavy atom. The van der Waals surface area contributed by atoms with Crippen LogP contribution in [0.15, 0.2) is 29.3 Å². The van der Waals surface area contributed by atoms with Crippen LogP contribution in [0.25, 0.3) is 0 Å². The number of para-hydroxylation sites is 1. The normalized spacial score (nSPS) is 15.3. The zero-order valence-electron chi connectivity index (χ0n) is 16.3. The lowest BCUT2D eigenvalue weighted by Gasteiger charge is -2.40. The number of aliphatic imine (C=N–C) groups is 1. The van der Waals surface area contributed by atoms with Crippen LogP contribution in [0.3, 0.4) is 0 Å². The average Bonchev–Trinajstić information content (AvgIpc) is 2.54. The zero-order valence-corrected chi connectivity index (χ0v) is 16.3. The molecule has 0 aliphatic carbocycles. The maximum absolute atomic E-state index is 11.9. The van der Waals surface area contributed by atoms with Gasteiger partial charge in [-0.1, -0.05) is 18.2 Å². The molecule has 1 aliphatic rings. The molecule has 2 N–H and O–H groups in total. The van der Waals surface area contributed by atoms with E-state index in [9.17, 15) is 4.79 Å². The number of nitrogens with zero attached hydrogens (tertiary/aromatic N) is 2. The summed E-state index contributed by atoms with van der Waals surface area (Å²) in [5.41, 5.74) is 0.684. The van der Waals surface area contributed by atoms with E-state index in [0.29, 0.717) is 13.1 Å². The van der Waals surface area contributed by atoms with E-state index in [1.165, 1.54) is 0 Å². The first-order valence-electron chi connectivity index (χ1n) is 8.89. The second-order valence-electron chi connectivity index (χ2n) is 7.29. The molecule has 7 nitrogen and oxygen atoms in total. The monoisotopic (exact) mass is 362 g/mol. The van der Waals surface area contributed by atoms with E-state index in [-0.39, 0.29) is 12.1 Å². The van der Waals surface area contributed by atoms with E-state index in [2.05, 4.69) is 21.7 Å². The van der Waals surface area contributed by atoms with E-state index in [0.717, 1.165) is 30.2 Å². The average molecular weight is 362 g/mol. The molecule has 0 unspecified atom stereocenters. The lowest BCUT2D eigenvalue weighted by molar-refractivity contribution is 0.00701. The minimum atomic E-state index is -0.467. The number of ether oxygens (including phenoxy) is 2. The Labute approximate surface area is 155 Å². The Morgan fingerprint density at radius 3 is 2.62 bits per heavy atom.